The van der Waals surface area contributed by atoms with E-state index in [9.17, 15) is 5.11 Å². The summed E-state index contributed by atoms with van der Waals surface area (Å²) >= 11 is 0. The normalized spacial score (nSPS) is 22.7. The number of aliphatic hydroxyl groups excluding tert-OH is 1. The highest BCUT2D eigenvalue weighted by molar-refractivity contribution is 5.56. The molecule has 4 nitrogen and oxygen atoms in total. The van der Waals surface area contributed by atoms with Gasteiger partial charge in [0.1, 0.15) is 0 Å². The van der Waals surface area contributed by atoms with Crippen LogP contribution in [0.15, 0.2) is 18.2 Å². The van der Waals surface area contributed by atoms with Crippen molar-refractivity contribution < 1.29 is 9.84 Å². The minimum absolute atomic E-state index is 0.229. The summed E-state index contributed by atoms with van der Waals surface area (Å²) in [6.07, 6.45) is 3.45. The van der Waals surface area contributed by atoms with Crippen molar-refractivity contribution >= 4 is 5.69 Å². The molecule has 1 aromatic carbocycles. The lowest BCUT2D eigenvalue weighted by Gasteiger charge is -2.40. The molecule has 0 amide bonds. The first kappa shape index (κ1) is 14.8. The van der Waals surface area contributed by atoms with Crippen LogP contribution in [0, 0.1) is 5.41 Å². The molecule has 116 valence electrons. The van der Waals surface area contributed by atoms with Crippen molar-refractivity contribution in [1.29, 1.82) is 0 Å². The van der Waals surface area contributed by atoms with Gasteiger partial charge in [-0.25, -0.2) is 0 Å². The molecule has 0 aromatic heterocycles. The molecule has 0 saturated carbocycles. The number of benzene rings is 1. The molecule has 2 aliphatic heterocycles. The number of nitrogens with two attached hydrogens (primary N) is 1. The molecular formula is C17H26N2O2. The maximum atomic E-state index is 10.9. The Hall–Kier alpha value is -1.10. The highest BCUT2D eigenvalue weighted by Crippen LogP contribution is 2.42. The predicted molar refractivity (Wildman–Crippen MR) is 84.5 cm³/mol. The Labute approximate surface area is 126 Å². The fourth-order valence-electron chi connectivity index (χ4n) is 3.70. The van der Waals surface area contributed by atoms with Crippen LogP contribution in [0.3, 0.4) is 0 Å². The quantitative estimate of drug-likeness (QED) is 0.892. The second kappa shape index (κ2) is 5.95. The first-order valence-electron chi connectivity index (χ1n) is 7.96. The zero-order valence-corrected chi connectivity index (χ0v) is 12.8. The molecular weight excluding hydrogens is 264 g/mol. The van der Waals surface area contributed by atoms with Crippen LogP contribution in [-0.4, -0.2) is 38.5 Å². The standard InChI is InChI=1S/C17H26N2O2/c1-19-8-2-3-13-11-14(4-5-15(13)19)16(20)17(12-18)6-9-21-10-7-17/h4-5,11,16,20H,2-3,6-10,12,18H2,1H3. The van der Waals surface area contributed by atoms with E-state index in [-0.39, 0.29) is 5.41 Å². The van der Waals surface area contributed by atoms with E-state index < -0.39 is 6.10 Å². The van der Waals surface area contributed by atoms with Gasteiger partial charge in [-0.1, -0.05) is 12.1 Å². The molecule has 1 aromatic rings. The molecule has 3 N–H and O–H groups in total. The lowest BCUT2D eigenvalue weighted by Crippen LogP contribution is -2.41. The highest BCUT2D eigenvalue weighted by Gasteiger charge is 2.39. The van der Waals surface area contributed by atoms with Gasteiger partial charge in [0.25, 0.3) is 0 Å². The molecule has 4 heteroatoms. The molecule has 0 radical (unpaired) electrons. The molecule has 2 heterocycles. The van der Waals surface area contributed by atoms with Gasteiger partial charge in [0.05, 0.1) is 6.10 Å². The maximum absolute atomic E-state index is 10.9. The molecule has 0 spiro atoms. The third-order valence-electron chi connectivity index (χ3n) is 5.25. The van der Waals surface area contributed by atoms with Gasteiger partial charge in [0, 0.05) is 44.5 Å². The van der Waals surface area contributed by atoms with E-state index in [0.29, 0.717) is 19.8 Å². The van der Waals surface area contributed by atoms with Crippen molar-refractivity contribution in [3.8, 4) is 0 Å². The Balaban J connectivity index is 1.89. The molecule has 1 fully saturated rings. The van der Waals surface area contributed by atoms with Crippen LogP contribution in [0.2, 0.25) is 0 Å². The van der Waals surface area contributed by atoms with Crippen molar-refractivity contribution in [1.82, 2.24) is 0 Å². The highest BCUT2D eigenvalue weighted by atomic mass is 16.5. The van der Waals surface area contributed by atoms with Crippen molar-refractivity contribution in [3.05, 3.63) is 29.3 Å². The first-order valence-corrected chi connectivity index (χ1v) is 7.96. The molecule has 1 unspecified atom stereocenters. The minimum atomic E-state index is -0.496. The zero-order chi connectivity index (χ0) is 14.9. The molecule has 3 rings (SSSR count). The topological polar surface area (TPSA) is 58.7 Å². The van der Waals surface area contributed by atoms with Gasteiger partial charge in [-0.2, -0.15) is 0 Å². The minimum Gasteiger partial charge on any atom is -0.388 e. The SMILES string of the molecule is CN1CCCc2cc(C(O)C3(CN)CCOCC3)ccc21. The summed E-state index contributed by atoms with van der Waals surface area (Å²) in [5.74, 6) is 0. The average molecular weight is 290 g/mol. The molecule has 1 saturated heterocycles. The van der Waals surface area contributed by atoms with Crippen LogP contribution in [0.4, 0.5) is 5.69 Å². The fraction of sp³-hybridized carbons (Fsp3) is 0.647. The van der Waals surface area contributed by atoms with E-state index in [1.165, 1.54) is 17.7 Å². The van der Waals surface area contributed by atoms with Gasteiger partial charge in [-0.3, -0.25) is 0 Å². The number of anilines is 1. The van der Waals surface area contributed by atoms with E-state index in [1.54, 1.807) is 0 Å². The van der Waals surface area contributed by atoms with Crippen molar-refractivity contribution in [2.45, 2.75) is 31.8 Å². The first-order chi connectivity index (χ1) is 10.2. The van der Waals surface area contributed by atoms with Crippen molar-refractivity contribution in [2.24, 2.45) is 11.1 Å². The zero-order valence-electron chi connectivity index (χ0n) is 12.8. The van der Waals surface area contributed by atoms with Crippen molar-refractivity contribution in [2.75, 3.05) is 38.3 Å². The second-order valence-electron chi connectivity index (χ2n) is 6.49. The monoisotopic (exact) mass is 290 g/mol. The largest absolute Gasteiger partial charge is 0.388 e. The number of hydrogen-bond acceptors (Lipinski definition) is 4. The second-order valence-corrected chi connectivity index (χ2v) is 6.49. The number of nitrogens with zero attached hydrogens (tertiary/aromatic N) is 1. The van der Waals surface area contributed by atoms with Gasteiger partial charge < -0.3 is 20.5 Å². The van der Waals surface area contributed by atoms with Gasteiger partial charge in [-0.05, 0) is 42.9 Å². The van der Waals surface area contributed by atoms with Crippen LogP contribution in [-0.2, 0) is 11.2 Å². The van der Waals surface area contributed by atoms with E-state index in [4.69, 9.17) is 10.5 Å². The Kier molecular flexibility index (Phi) is 4.20. The van der Waals surface area contributed by atoms with Gasteiger partial charge >= 0.3 is 0 Å². The smallest absolute Gasteiger partial charge is 0.0860 e. The Bertz CT molecular complexity index is 498. The molecule has 0 bridgehead atoms. The van der Waals surface area contributed by atoms with E-state index in [2.05, 4.69) is 30.1 Å². The van der Waals surface area contributed by atoms with Gasteiger partial charge in [-0.15, -0.1) is 0 Å². The van der Waals surface area contributed by atoms with Crippen LogP contribution in [0.5, 0.6) is 0 Å². The van der Waals surface area contributed by atoms with Crippen LogP contribution in [0.25, 0.3) is 0 Å². The van der Waals surface area contributed by atoms with Crippen LogP contribution in [0.1, 0.15) is 36.5 Å². The maximum Gasteiger partial charge on any atom is 0.0860 e. The number of fused-ring (bicyclic) bond motifs is 1. The summed E-state index contributed by atoms with van der Waals surface area (Å²) in [4.78, 5) is 2.29. The Morgan fingerprint density at radius 3 is 2.86 bits per heavy atom. The summed E-state index contributed by atoms with van der Waals surface area (Å²) in [7, 11) is 2.13. The summed E-state index contributed by atoms with van der Waals surface area (Å²) < 4.78 is 5.44. The number of aliphatic hydroxyl groups is 1. The molecule has 2 aliphatic rings. The third kappa shape index (κ3) is 2.68. The number of rotatable bonds is 3. The molecule has 0 aliphatic carbocycles. The van der Waals surface area contributed by atoms with Crippen LogP contribution < -0.4 is 10.6 Å². The number of hydrogen-bond donors (Lipinski definition) is 2. The third-order valence-corrected chi connectivity index (χ3v) is 5.25. The summed E-state index contributed by atoms with van der Waals surface area (Å²) in [5.41, 5.74) is 9.44. The summed E-state index contributed by atoms with van der Waals surface area (Å²) in [6, 6.07) is 6.40. The average Bonchev–Trinajstić information content (AvgIpc) is 2.54. The summed E-state index contributed by atoms with van der Waals surface area (Å²) in [5, 5.41) is 10.9. The molecule has 21 heavy (non-hydrogen) atoms. The number of ether oxygens (including phenoxy) is 1. The predicted octanol–water partition coefficient (Wildman–Crippen LogP) is 1.86. The van der Waals surface area contributed by atoms with E-state index >= 15 is 0 Å². The van der Waals surface area contributed by atoms with Crippen LogP contribution >= 0.6 is 0 Å². The Morgan fingerprint density at radius 1 is 1.38 bits per heavy atom. The lowest BCUT2D eigenvalue weighted by molar-refractivity contribution is -0.0581. The Morgan fingerprint density at radius 2 is 2.14 bits per heavy atom. The molecule has 1 atom stereocenters. The fourth-order valence-corrected chi connectivity index (χ4v) is 3.70. The lowest BCUT2D eigenvalue weighted by atomic mass is 9.72. The van der Waals surface area contributed by atoms with E-state index in [1.807, 2.05) is 0 Å². The number of aryl methyl sites for hydroxylation is 1. The van der Waals surface area contributed by atoms with Crippen molar-refractivity contribution in [3.63, 3.8) is 0 Å². The summed E-state index contributed by atoms with van der Waals surface area (Å²) in [6.45, 7) is 3.01. The van der Waals surface area contributed by atoms with Gasteiger partial charge in [0.15, 0.2) is 0 Å². The van der Waals surface area contributed by atoms with E-state index in [0.717, 1.165) is 31.4 Å². The van der Waals surface area contributed by atoms with Gasteiger partial charge in [0.2, 0.25) is 0 Å².